The zero-order chi connectivity index (χ0) is 15.5. The van der Waals surface area contributed by atoms with Crippen molar-refractivity contribution in [1.82, 2.24) is 10.6 Å². The van der Waals surface area contributed by atoms with Gasteiger partial charge in [-0.15, -0.1) is 0 Å². The van der Waals surface area contributed by atoms with Gasteiger partial charge in [0.2, 0.25) is 0 Å². The zero-order valence-corrected chi connectivity index (χ0v) is 12.2. The molecule has 0 bridgehead atoms. The molecule has 0 unspecified atom stereocenters. The fourth-order valence-corrected chi connectivity index (χ4v) is 1.68. The lowest BCUT2D eigenvalue weighted by Crippen LogP contribution is -2.37. The largest absolute Gasteiger partial charge is 0.494 e. The van der Waals surface area contributed by atoms with Crippen LogP contribution in [0.5, 0.6) is 5.75 Å². The molecular formula is C15H22N2O4. The number of benzene rings is 1. The number of amides is 2. The summed E-state index contributed by atoms with van der Waals surface area (Å²) >= 11 is 0. The molecule has 6 heteroatoms. The summed E-state index contributed by atoms with van der Waals surface area (Å²) in [4.78, 5) is 21.7. The molecule has 6 nitrogen and oxygen atoms in total. The number of ether oxygens (including phenoxy) is 1. The van der Waals surface area contributed by atoms with Gasteiger partial charge in [0.05, 0.1) is 13.0 Å². The lowest BCUT2D eigenvalue weighted by Gasteiger charge is -2.08. The molecule has 1 rings (SSSR count). The minimum absolute atomic E-state index is 0.0791. The lowest BCUT2D eigenvalue weighted by atomic mass is 10.1. The fraction of sp³-hybridized carbons (Fsp3) is 0.467. The molecule has 116 valence electrons. The van der Waals surface area contributed by atoms with Gasteiger partial charge in [0.1, 0.15) is 5.75 Å². The van der Waals surface area contributed by atoms with Crippen LogP contribution in [-0.2, 0) is 11.2 Å². The van der Waals surface area contributed by atoms with Gasteiger partial charge in [0, 0.05) is 13.1 Å². The van der Waals surface area contributed by atoms with Gasteiger partial charge in [-0.25, -0.2) is 4.79 Å². The third-order valence-electron chi connectivity index (χ3n) is 2.69. The summed E-state index contributed by atoms with van der Waals surface area (Å²) in [5.74, 6) is -0.0977. The first-order chi connectivity index (χ1) is 10.1. The molecule has 0 radical (unpaired) electrons. The topological polar surface area (TPSA) is 87.7 Å². The first-order valence-electron chi connectivity index (χ1n) is 7.07. The monoisotopic (exact) mass is 294 g/mol. The quantitative estimate of drug-likeness (QED) is 0.648. The van der Waals surface area contributed by atoms with Gasteiger partial charge in [0.15, 0.2) is 0 Å². The number of aliphatic carboxylic acids is 1. The summed E-state index contributed by atoms with van der Waals surface area (Å²) in [5, 5.41) is 13.6. The Morgan fingerprint density at radius 1 is 1.24 bits per heavy atom. The van der Waals surface area contributed by atoms with Crippen molar-refractivity contribution in [1.29, 1.82) is 0 Å². The van der Waals surface area contributed by atoms with Crippen molar-refractivity contribution < 1.29 is 19.4 Å². The SMILES string of the molecule is CCCOc1cccc(CCNC(=O)NCCC(=O)O)c1. The van der Waals surface area contributed by atoms with E-state index in [1.165, 1.54) is 0 Å². The number of hydrogen-bond acceptors (Lipinski definition) is 3. The van der Waals surface area contributed by atoms with Crippen LogP contribution in [0.2, 0.25) is 0 Å². The molecule has 3 N–H and O–H groups in total. The molecule has 0 aromatic heterocycles. The van der Waals surface area contributed by atoms with Gasteiger partial charge in [-0.2, -0.15) is 0 Å². The Balaban J connectivity index is 2.25. The molecule has 21 heavy (non-hydrogen) atoms. The standard InChI is InChI=1S/C15H22N2O4/c1-2-10-21-13-5-3-4-12(11-13)6-8-16-15(20)17-9-7-14(18)19/h3-5,11H,2,6-10H2,1H3,(H,18,19)(H2,16,17,20). The maximum atomic E-state index is 11.4. The van der Waals surface area contributed by atoms with Gasteiger partial charge in [-0.05, 0) is 30.5 Å². The Morgan fingerprint density at radius 2 is 2.00 bits per heavy atom. The second-order valence-electron chi connectivity index (χ2n) is 4.57. The van der Waals surface area contributed by atoms with E-state index in [1.807, 2.05) is 24.3 Å². The highest BCUT2D eigenvalue weighted by Gasteiger charge is 2.02. The van der Waals surface area contributed by atoms with Crippen LogP contribution in [0, 0.1) is 0 Å². The minimum Gasteiger partial charge on any atom is -0.494 e. The third-order valence-corrected chi connectivity index (χ3v) is 2.69. The number of carboxylic acid groups (broad SMARTS) is 1. The van der Waals surface area contributed by atoms with E-state index in [2.05, 4.69) is 17.6 Å². The molecule has 0 saturated carbocycles. The third kappa shape index (κ3) is 7.81. The number of nitrogens with one attached hydrogen (secondary N) is 2. The van der Waals surface area contributed by atoms with Crippen LogP contribution < -0.4 is 15.4 Å². The summed E-state index contributed by atoms with van der Waals surface area (Å²) in [6.07, 6.45) is 1.57. The predicted molar refractivity (Wildman–Crippen MR) is 79.6 cm³/mol. The van der Waals surface area contributed by atoms with E-state index in [0.29, 0.717) is 19.6 Å². The Kier molecular flexibility index (Phi) is 7.71. The first kappa shape index (κ1) is 16.8. The number of urea groups is 1. The van der Waals surface area contributed by atoms with Crippen molar-refractivity contribution in [2.45, 2.75) is 26.2 Å². The molecule has 0 fully saturated rings. The van der Waals surface area contributed by atoms with Crippen LogP contribution in [-0.4, -0.2) is 36.8 Å². The second-order valence-corrected chi connectivity index (χ2v) is 4.57. The maximum Gasteiger partial charge on any atom is 0.314 e. The van der Waals surface area contributed by atoms with E-state index < -0.39 is 5.97 Å². The van der Waals surface area contributed by atoms with Crippen LogP contribution in [0.4, 0.5) is 4.79 Å². The second kappa shape index (κ2) is 9.63. The van der Waals surface area contributed by atoms with E-state index in [-0.39, 0.29) is 19.0 Å². The van der Waals surface area contributed by atoms with Crippen molar-refractivity contribution in [3.63, 3.8) is 0 Å². The highest BCUT2D eigenvalue weighted by atomic mass is 16.5. The van der Waals surface area contributed by atoms with Gasteiger partial charge in [-0.1, -0.05) is 19.1 Å². The van der Waals surface area contributed by atoms with E-state index >= 15 is 0 Å². The molecule has 0 atom stereocenters. The predicted octanol–water partition coefficient (Wildman–Crippen LogP) is 1.79. The van der Waals surface area contributed by atoms with Crippen molar-refractivity contribution in [2.75, 3.05) is 19.7 Å². The molecule has 0 heterocycles. The molecule has 1 aromatic carbocycles. The molecular weight excluding hydrogens is 272 g/mol. The molecule has 1 aromatic rings. The number of carbonyl (C=O) groups excluding carboxylic acids is 1. The van der Waals surface area contributed by atoms with Crippen LogP contribution >= 0.6 is 0 Å². The van der Waals surface area contributed by atoms with Crippen molar-refractivity contribution in [2.24, 2.45) is 0 Å². The van der Waals surface area contributed by atoms with E-state index in [1.54, 1.807) is 0 Å². The summed E-state index contributed by atoms with van der Waals surface area (Å²) < 4.78 is 5.54. The van der Waals surface area contributed by atoms with Crippen LogP contribution in [0.3, 0.4) is 0 Å². The van der Waals surface area contributed by atoms with Crippen LogP contribution in [0.15, 0.2) is 24.3 Å². The van der Waals surface area contributed by atoms with Crippen LogP contribution in [0.25, 0.3) is 0 Å². The maximum absolute atomic E-state index is 11.4. The normalized spacial score (nSPS) is 9.95. The lowest BCUT2D eigenvalue weighted by molar-refractivity contribution is -0.136. The summed E-state index contributed by atoms with van der Waals surface area (Å²) in [6, 6.07) is 7.41. The van der Waals surface area contributed by atoms with Gasteiger partial charge in [0.25, 0.3) is 0 Å². The Morgan fingerprint density at radius 3 is 2.71 bits per heavy atom. The van der Waals surface area contributed by atoms with Gasteiger partial charge >= 0.3 is 12.0 Å². The van der Waals surface area contributed by atoms with E-state index in [0.717, 1.165) is 17.7 Å². The molecule has 0 spiro atoms. The Bertz CT molecular complexity index is 463. The molecule has 0 saturated heterocycles. The van der Waals surface area contributed by atoms with Crippen LogP contribution in [0.1, 0.15) is 25.3 Å². The summed E-state index contributed by atoms with van der Waals surface area (Å²) in [6.45, 7) is 3.35. The van der Waals surface area contributed by atoms with Gasteiger partial charge in [-0.3, -0.25) is 4.79 Å². The molecule has 0 aliphatic carbocycles. The number of rotatable bonds is 9. The van der Waals surface area contributed by atoms with Crippen molar-refractivity contribution in [3.05, 3.63) is 29.8 Å². The highest BCUT2D eigenvalue weighted by molar-refractivity contribution is 5.74. The van der Waals surface area contributed by atoms with Gasteiger partial charge < -0.3 is 20.5 Å². The average molecular weight is 294 g/mol. The fourth-order valence-electron chi connectivity index (χ4n) is 1.68. The molecule has 2 amide bonds. The van der Waals surface area contributed by atoms with E-state index in [9.17, 15) is 9.59 Å². The highest BCUT2D eigenvalue weighted by Crippen LogP contribution is 2.13. The smallest absolute Gasteiger partial charge is 0.314 e. The molecule has 0 aliphatic heterocycles. The van der Waals surface area contributed by atoms with Crippen molar-refractivity contribution >= 4 is 12.0 Å². The number of carboxylic acids is 1. The Labute approximate surface area is 124 Å². The Hall–Kier alpha value is -2.24. The molecule has 0 aliphatic rings. The van der Waals surface area contributed by atoms with E-state index in [4.69, 9.17) is 9.84 Å². The summed E-state index contributed by atoms with van der Waals surface area (Å²) in [7, 11) is 0. The number of hydrogen-bond donors (Lipinski definition) is 3. The van der Waals surface area contributed by atoms with Crippen molar-refractivity contribution in [3.8, 4) is 5.75 Å². The summed E-state index contributed by atoms with van der Waals surface area (Å²) in [5.41, 5.74) is 1.08. The first-order valence-corrected chi connectivity index (χ1v) is 7.07. The zero-order valence-electron chi connectivity index (χ0n) is 12.2. The average Bonchev–Trinajstić information content (AvgIpc) is 2.45. The minimum atomic E-state index is -0.931. The number of carbonyl (C=O) groups is 2.